The molecule has 0 aliphatic rings. The largest absolute Gasteiger partial charge is 0.478 e. The summed E-state index contributed by atoms with van der Waals surface area (Å²) < 4.78 is 0. The highest BCUT2D eigenvalue weighted by molar-refractivity contribution is 5.98. The van der Waals surface area contributed by atoms with E-state index >= 15 is 0 Å². The van der Waals surface area contributed by atoms with E-state index in [2.05, 4.69) is 13.8 Å². The van der Waals surface area contributed by atoms with E-state index in [1.54, 1.807) is 12.1 Å². The van der Waals surface area contributed by atoms with Crippen molar-refractivity contribution in [3.05, 3.63) is 69.9 Å². The second kappa shape index (κ2) is 5.26. The van der Waals surface area contributed by atoms with Gasteiger partial charge in [-0.05, 0) is 40.5 Å². The lowest BCUT2D eigenvalue weighted by Crippen LogP contribution is -2.01. The van der Waals surface area contributed by atoms with Crippen LogP contribution < -0.4 is 5.43 Å². The van der Waals surface area contributed by atoms with Gasteiger partial charge in [-0.15, -0.1) is 0 Å². The lowest BCUT2D eigenvalue weighted by Gasteiger charge is -2.07. The van der Waals surface area contributed by atoms with Crippen LogP contribution >= 0.6 is 0 Å². The van der Waals surface area contributed by atoms with Gasteiger partial charge in [0.1, 0.15) is 0 Å². The first-order valence-electron chi connectivity index (χ1n) is 7.22. The van der Waals surface area contributed by atoms with E-state index in [1.165, 1.54) is 6.07 Å². The monoisotopic (exact) mass is 292 g/mol. The molecule has 3 aromatic rings. The normalized spacial score (nSPS) is 11.2. The molecule has 0 saturated heterocycles. The summed E-state index contributed by atoms with van der Waals surface area (Å²) in [5.74, 6) is -0.684. The highest BCUT2D eigenvalue weighted by atomic mass is 16.4. The van der Waals surface area contributed by atoms with Gasteiger partial charge in [0.15, 0.2) is 5.43 Å². The van der Waals surface area contributed by atoms with Gasteiger partial charge >= 0.3 is 5.97 Å². The molecule has 0 amide bonds. The van der Waals surface area contributed by atoms with Gasteiger partial charge in [0.25, 0.3) is 0 Å². The summed E-state index contributed by atoms with van der Waals surface area (Å²) in [5.41, 5.74) is 1.24. The van der Waals surface area contributed by atoms with E-state index in [0.717, 1.165) is 10.9 Å². The Labute approximate surface area is 127 Å². The molecule has 0 aromatic heterocycles. The van der Waals surface area contributed by atoms with Crippen molar-refractivity contribution in [3.63, 3.8) is 0 Å². The second-order valence-corrected chi connectivity index (χ2v) is 5.73. The van der Waals surface area contributed by atoms with Gasteiger partial charge < -0.3 is 5.11 Å². The molecule has 0 atom stereocenters. The fourth-order valence-electron chi connectivity index (χ4n) is 2.83. The summed E-state index contributed by atoms with van der Waals surface area (Å²) in [6, 6.07) is 14.1. The SMILES string of the molecule is CC(C)c1cccc2c(=O)c3ccc(C(=O)O)cc3ccc12. The summed E-state index contributed by atoms with van der Waals surface area (Å²) in [6.07, 6.45) is 0. The Balaban J connectivity index is 2.49. The molecule has 3 heteroatoms. The van der Waals surface area contributed by atoms with Crippen LogP contribution in [0.5, 0.6) is 0 Å². The van der Waals surface area contributed by atoms with Crippen LogP contribution in [0.3, 0.4) is 0 Å². The Morgan fingerprint density at radius 2 is 1.68 bits per heavy atom. The zero-order chi connectivity index (χ0) is 15.9. The van der Waals surface area contributed by atoms with E-state index < -0.39 is 5.97 Å². The molecule has 0 heterocycles. The number of rotatable bonds is 2. The van der Waals surface area contributed by atoms with E-state index in [9.17, 15) is 9.59 Å². The Kier molecular flexibility index (Phi) is 3.41. The Bertz CT molecular complexity index is 956. The van der Waals surface area contributed by atoms with Crippen molar-refractivity contribution in [2.24, 2.45) is 0 Å². The van der Waals surface area contributed by atoms with Crippen molar-refractivity contribution in [1.82, 2.24) is 0 Å². The Hall–Kier alpha value is -2.68. The first kappa shape index (κ1) is 14.3. The number of benzene rings is 2. The number of hydrogen-bond acceptors (Lipinski definition) is 2. The number of carboxylic acid groups (broad SMARTS) is 1. The van der Waals surface area contributed by atoms with Gasteiger partial charge in [0, 0.05) is 10.8 Å². The molecular formula is C19H16O3. The second-order valence-electron chi connectivity index (χ2n) is 5.73. The zero-order valence-corrected chi connectivity index (χ0v) is 12.5. The van der Waals surface area contributed by atoms with Crippen molar-refractivity contribution in [2.75, 3.05) is 0 Å². The fraction of sp³-hybridized carbons (Fsp3) is 0.158. The van der Waals surface area contributed by atoms with Crippen LogP contribution in [-0.2, 0) is 0 Å². The third-order valence-corrected chi connectivity index (χ3v) is 3.98. The smallest absolute Gasteiger partial charge is 0.335 e. The topological polar surface area (TPSA) is 54.4 Å². The summed E-state index contributed by atoms with van der Waals surface area (Å²) in [4.78, 5) is 23.9. The summed E-state index contributed by atoms with van der Waals surface area (Å²) in [5, 5.41) is 11.9. The van der Waals surface area contributed by atoms with Crippen molar-refractivity contribution in [2.45, 2.75) is 19.8 Å². The zero-order valence-electron chi connectivity index (χ0n) is 12.5. The van der Waals surface area contributed by atoms with Crippen LogP contribution in [0.1, 0.15) is 35.7 Å². The molecule has 0 fully saturated rings. The third-order valence-electron chi connectivity index (χ3n) is 3.98. The van der Waals surface area contributed by atoms with E-state index in [0.29, 0.717) is 22.1 Å². The van der Waals surface area contributed by atoms with Gasteiger partial charge in [-0.25, -0.2) is 4.79 Å². The van der Waals surface area contributed by atoms with Gasteiger partial charge in [-0.2, -0.15) is 0 Å². The summed E-state index contributed by atoms with van der Waals surface area (Å²) >= 11 is 0. The fourth-order valence-corrected chi connectivity index (χ4v) is 2.83. The maximum Gasteiger partial charge on any atom is 0.335 e. The van der Waals surface area contributed by atoms with Gasteiger partial charge in [0.05, 0.1) is 5.56 Å². The van der Waals surface area contributed by atoms with E-state index in [1.807, 2.05) is 30.3 Å². The van der Waals surface area contributed by atoms with Gasteiger partial charge in [-0.1, -0.05) is 44.2 Å². The molecule has 0 saturated carbocycles. The van der Waals surface area contributed by atoms with Crippen LogP contribution in [0.2, 0.25) is 0 Å². The first-order valence-corrected chi connectivity index (χ1v) is 7.22. The highest BCUT2D eigenvalue weighted by Gasteiger charge is 2.10. The summed E-state index contributed by atoms with van der Waals surface area (Å²) in [6.45, 7) is 4.18. The van der Waals surface area contributed by atoms with E-state index in [4.69, 9.17) is 5.11 Å². The number of carbonyl (C=O) groups is 1. The Morgan fingerprint density at radius 1 is 0.955 bits per heavy atom. The molecule has 3 aromatic carbocycles. The lowest BCUT2D eigenvalue weighted by molar-refractivity contribution is 0.0697. The molecule has 3 nitrogen and oxygen atoms in total. The number of carboxylic acids is 1. The molecule has 0 unspecified atom stereocenters. The highest BCUT2D eigenvalue weighted by Crippen LogP contribution is 2.25. The van der Waals surface area contributed by atoms with Crippen LogP contribution in [0, 0.1) is 0 Å². The van der Waals surface area contributed by atoms with Crippen LogP contribution in [0.15, 0.2) is 53.3 Å². The lowest BCUT2D eigenvalue weighted by atomic mass is 9.97. The van der Waals surface area contributed by atoms with Crippen LogP contribution in [0.25, 0.3) is 21.5 Å². The molecule has 0 aliphatic carbocycles. The van der Waals surface area contributed by atoms with Crippen molar-refractivity contribution in [1.29, 1.82) is 0 Å². The Morgan fingerprint density at radius 3 is 2.36 bits per heavy atom. The predicted octanol–water partition coefficient (Wildman–Crippen LogP) is 4.17. The van der Waals surface area contributed by atoms with Crippen molar-refractivity contribution >= 4 is 27.5 Å². The minimum atomic E-state index is -0.992. The maximum absolute atomic E-state index is 12.8. The molecule has 1 N–H and O–H groups in total. The van der Waals surface area contributed by atoms with Crippen molar-refractivity contribution < 1.29 is 9.90 Å². The quantitative estimate of drug-likeness (QED) is 0.771. The van der Waals surface area contributed by atoms with E-state index in [-0.39, 0.29) is 11.0 Å². The minimum absolute atomic E-state index is 0.0607. The predicted molar refractivity (Wildman–Crippen MR) is 88.8 cm³/mol. The molecule has 0 bridgehead atoms. The first-order chi connectivity index (χ1) is 10.5. The van der Waals surface area contributed by atoms with Crippen molar-refractivity contribution in [3.8, 4) is 0 Å². The molecule has 22 heavy (non-hydrogen) atoms. The molecule has 3 rings (SSSR count). The van der Waals surface area contributed by atoms with Gasteiger partial charge in [0.2, 0.25) is 0 Å². The molecule has 0 aliphatic heterocycles. The van der Waals surface area contributed by atoms with Crippen LogP contribution in [-0.4, -0.2) is 11.1 Å². The molecule has 110 valence electrons. The average molecular weight is 292 g/mol. The summed E-state index contributed by atoms with van der Waals surface area (Å²) in [7, 11) is 0. The molecule has 0 radical (unpaired) electrons. The minimum Gasteiger partial charge on any atom is -0.478 e. The maximum atomic E-state index is 12.8. The molecular weight excluding hydrogens is 276 g/mol. The molecule has 0 spiro atoms. The standard InChI is InChI=1S/C19H16O3/c1-11(2)14-4-3-5-17-16(14)9-6-12-10-13(19(21)22)7-8-15(12)18(17)20/h3-11H,1-2H3,(H,21,22). The number of hydrogen-bond donors (Lipinski definition) is 1. The van der Waals surface area contributed by atoms with Crippen LogP contribution in [0.4, 0.5) is 0 Å². The number of fused-ring (bicyclic) bond motifs is 2. The third kappa shape index (κ3) is 2.25. The number of aromatic carboxylic acids is 1. The average Bonchev–Trinajstić information content (AvgIpc) is 2.64. The van der Waals surface area contributed by atoms with Gasteiger partial charge in [-0.3, -0.25) is 4.79 Å².